The average molecular weight is 492 g/mol. The molecular weight excluding hydrogens is 473 g/mol. The van der Waals surface area contributed by atoms with Gasteiger partial charge >= 0.3 is 0 Å². The predicted molar refractivity (Wildman–Crippen MR) is 139 cm³/mol. The van der Waals surface area contributed by atoms with Gasteiger partial charge in [-0.1, -0.05) is 59.6 Å². The molecule has 3 aromatic carbocycles. The molecule has 0 spiro atoms. The highest BCUT2D eigenvalue weighted by Crippen LogP contribution is 2.32. The Balaban J connectivity index is 1.48. The van der Waals surface area contributed by atoms with Gasteiger partial charge in [-0.3, -0.25) is 4.79 Å². The Morgan fingerprint density at radius 1 is 1.06 bits per heavy atom. The summed E-state index contributed by atoms with van der Waals surface area (Å²) in [5.74, 6) is -0.149. The number of carbonyl (C=O) groups is 1. The second kappa shape index (κ2) is 9.10. The van der Waals surface area contributed by atoms with E-state index in [9.17, 15) is 4.79 Å². The van der Waals surface area contributed by atoms with Crippen LogP contribution in [0.15, 0.2) is 82.8 Å². The molecular formula is C26H19Cl2N3OS. The van der Waals surface area contributed by atoms with Crippen molar-refractivity contribution >= 4 is 68.7 Å². The van der Waals surface area contributed by atoms with Crippen molar-refractivity contribution in [3.8, 4) is 0 Å². The number of benzene rings is 3. The summed E-state index contributed by atoms with van der Waals surface area (Å²) in [7, 11) is 0. The van der Waals surface area contributed by atoms with Gasteiger partial charge < -0.3 is 9.88 Å². The topological polar surface area (TPSA) is 46.4 Å². The fourth-order valence-electron chi connectivity index (χ4n) is 3.79. The van der Waals surface area contributed by atoms with Gasteiger partial charge in [0.05, 0.1) is 10.6 Å². The van der Waals surface area contributed by atoms with Crippen LogP contribution >= 0.6 is 35.0 Å². The molecule has 1 saturated heterocycles. The summed E-state index contributed by atoms with van der Waals surface area (Å²) in [6, 6.07) is 21.5. The fraction of sp³-hybridized carbons (Fsp3) is 0.0769. The highest BCUT2D eigenvalue weighted by Gasteiger charge is 2.24. The molecule has 1 N–H and O–H groups in total. The Morgan fingerprint density at radius 2 is 1.91 bits per heavy atom. The van der Waals surface area contributed by atoms with Crippen molar-refractivity contribution in [1.29, 1.82) is 0 Å². The molecule has 4 nitrogen and oxygen atoms in total. The number of aromatic nitrogens is 1. The number of halogens is 2. The molecule has 2 heterocycles. The third-order valence-electron chi connectivity index (χ3n) is 5.34. The Bertz CT molecular complexity index is 1460. The first-order valence-corrected chi connectivity index (χ1v) is 11.9. The zero-order valence-corrected chi connectivity index (χ0v) is 20.0. The van der Waals surface area contributed by atoms with E-state index in [1.54, 1.807) is 6.07 Å². The molecule has 0 unspecified atom stereocenters. The number of para-hydroxylation sites is 1. The summed E-state index contributed by atoms with van der Waals surface area (Å²) >= 11 is 13.8. The monoisotopic (exact) mass is 491 g/mol. The molecule has 1 aromatic heterocycles. The Kier molecular flexibility index (Phi) is 6.02. The van der Waals surface area contributed by atoms with Gasteiger partial charge in [-0.2, -0.15) is 0 Å². The quantitative estimate of drug-likeness (QED) is 0.307. The molecule has 1 amide bonds. The summed E-state index contributed by atoms with van der Waals surface area (Å²) in [5.41, 5.74) is 4.94. The van der Waals surface area contributed by atoms with E-state index in [1.807, 2.05) is 67.7 Å². The molecule has 0 radical (unpaired) electrons. The number of rotatable bonds is 4. The van der Waals surface area contributed by atoms with E-state index < -0.39 is 0 Å². The zero-order chi connectivity index (χ0) is 22.9. The maximum absolute atomic E-state index is 12.6. The third kappa shape index (κ3) is 4.71. The van der Waals surface area contributed by atoms with Crippen LogP contribution in [-0.4, -0.2) is 15.6 Å². The maximum atomic E-state index is 12.6. The smallest absolute Gasteiger partial charge is 0.264 e. The average Bonchev–Trinajstić information content (AvgIpc) is 3.30. The molecule has 4 aromatic rings. The Morgan fingerprint density at radius 3 is 2.73 bits per heavy atom. The third-order valence-corrected chi connectivity index (χ3v) is 6.84. The highest BCUT2D eigenvalue weighted by atomic mass is 35.5. The first-order chi connectivity index (χ1) is 16.0. The van der Waals surface area contributed by atoms with Crippen molar-refractivity contribution in [1.82, 2.24) is 9.88 Å². The van der Waals surface area contributed by atoms with Crippen LogP contribution in [0.1, 0.15) is 16.7 Å². The van der Waals surface area contributed by atoms with Crippen molar-refractivity contribution in [2.45, 2.75) is 13.5 Å². The molecule has 0 aliphatic carbocycles. The molecule has 1 fully saturated rings. The lowest BCUT2D eigenvalue weighted by Gasteiger charge is -2.08. The van der Waals surface area contributed by atoms with Crippen LogP contribution in [0.25, 0.3) is 17.0 Å². The number of nitrogens with zero attached hydrogens (tertiary/aromatic N) is 2. The lowest BCUT2D eigenvalue weighted by Crippen LogP contribution is -2.19. The zero-order valence-electron chi connectivity index (χ0n) is 17.7. The first kappa shape index (κ1) is 21.8. The minimum absolute atomic E-state index is 0.149. The molecule has 0 saturated carbocycles. The van der Waals surface area contributed by atoms with E-state index in [0.717, 1.165) is 33.3 Å². The summed E-state index contributed by atoms with van der Waals surface area (Å²) in [6.07, 6.45) is 3.97. The molecule has 7 heteroatoms. The van der Waals surface area contributed by atoms with E-state index in [0.29, 0.717) is 26.7 Å². The fourth-order valence-corrected chi connectivity index (χ4v) is 5.09. The van der Waals surface area contributed by atoms with E-state index >= 15 is 0 Å². The van der Waals surface area contributed by atoms with Crippen LogP contribution in [0.3, 0.4) is 0 Å². The van der Waals surface area contributed by atoms with Gasteiger partial charge in [0.25, 0.3) is 5.91 Å². The summed E-state index contributed by atoms with van der Waals surface area (Å²) < 4.78 is 2.14. The number of thioether (sulfide) groups is 1. The van der Waals surface area contributed by atoms with Crippen molar-refractivity contribution in [3.63, 3.8) is 0 Å². The van der Waals surface area contributed by atoms with Crippen molar-refractivity contribution in [3.05, 3.63) is 105 Å². The minimum Gasteiger partial charge on any atom is -0.342 e. The number of aliphatic imine (C=N–C) groups is 1. The summed E-state index contributed by atoms with van der Waals surface area (Å²) in [6.45, 7) is 2.61. The maximum Gasteiger partial charge on any atom is 0.264 e. The number of amidine groups is 1. The van der Waals surface area contributed by atoms with Crippen LogP contribution in [0.2, 0.25) is 10.0 Å². The number of fused-ring (bicyclic) bond motifs is 1. The van der Waals surface area contributed by atoms with E-state index in [-0.39, 0.29) is 5.91 Å². The second-order valence-corrected chi connectivity index (χ2v) is 9.66. The van der Waals surface area contributed by atoms with E-state index in [4.69, 9.17) is 23.2 Å². The first-order valence-electron chi connectivity index (χ1n) is 10.3. The molecule has 164 valence electrons. The number of amides is 1. The van der Waals surface area contributed by atoms with Gasteiger partial charge in [0, 0.05) is 39.3 Å². The standard InChI is InChI=1S/C26H19Cl2N3OS/c1-16-5-4-6-20(11-16)29-26-30-25(32)24(33-26)12-18-15-31(23-8-3-2-7-21(18)23)14-17-9-10-19(27)13-22(17)28/h2-13,15H,14H2,1H3,(H,29,30,32)/b24-12-. The van der Waals surface area contributed by atoms with Crippen molar-refractivity contribution in [2.24, 2.45) is 4.99 Å². The summed E-state index contributed by atoms with van der Waals surface area (Å²) in [5, 5.41) is 5.75. The molecule has 1 aliphatic rings. The number of hydrogen-bond acceptors (Lipinski definition) is 3. The van der Waals surface area contributed by atoms with Gasteiger partial charge in [0.2, 0.25) is 0 Å². The molecule has 1 aliphatic heterocycles. The number of hydrogen-bond donors (Lipinski definition) is 1. The van der Waals surface area contributed by atoms with Crippen molar-refractivity contribution in [2.75, 3.05) is 0 Å². The predicted octanol–water partition coefficient (Wildman–Crippen LogP) is 7.20. The second-order valence-electron chi connectivity index (χ2n) is 7.79. The van der Waals surface area contributed by atoms with Gasteiger partial charge in [0.15, 0.2) is 5.17 Å². The van der Waals surface area contributed by atoms with E-state index in [1.165, 1.54) is 11.8 Å². The molecule has 0 atom stereocenters. The van der Waals surface area contributed by atoms with Crippen LogP contribution in [0.5, 0.6) is 0 Å². The summed E-state index contributed by atoms with van der Waals surface area (Å²) in [4.78, 5) is 17.8. The molecule has 0 bridgehead atoms. The van der Waals surface area contributed by atoms with Crippen LogP contribution in [0.4, 0.5) is 5.69 Å². The lowest BCUT2D eigenvalue weighted by atomic mass is 10.1. The number of carbonyl (C=O) groups excluding carboxylic acids is 1. The number of nitrogens with one attached hydrogen (secondary N) is 1. The lowest BCUT2D eigenvalue weighted by molar-refractivity contribution is -0.115. The van der Waals surface area contributed by atoms with Gasteiger partial charge in [-0.25, -0.2) is 4.99 Å². The Labute approximate surface area is 205 Å². The highest BCUT2D eigenvalue weighted by molar-refractivity contribution is 8.18. The largest absolute Gasteiger partial charge is 0.342 e. The molecule has 5 rings (SSSR count). The normalized spacial score (nSPS) is 16.2. The number of aryl methyl sites for hydroxylation is 1. The molecule has 33 heavy (non-hydrogen) atoms. The van der Waals surface area contributed by atoms with Gasteiger partial charge in [-0.05, 0) is 66.2 Å². The van der Waals surface area contributed by atoms with Crippen LogP contribution < -0.4 is 5.32 Å². The Hall–Kier alpha value is -2.99. The van der Waals surface area contributed by atoms with Crippen LogP contribution in [0, 0.1) is 6.92 Å². The SMILES string of the molecule is Cc1cccc(N=C2NC(=O)/C(=C/c3cn(Cc4ccc(Cl)cc4Cl)c4ccccc34)S2)c1. The van der Waals surface area contributed by atoms with E-state index in [2.05, 4.69) is 27.0 Å². The van der Waals surface area contributed by atoms with Gasteiger partial charge in [0.1, 0.15) is 0 Å². The van der Waals surface area contributed by atoms with Crippen LogP contribution in [-0.2, 0) is 11.3 Å². The minimum atomic E-state index is -0.149. The van der Waals surface area contributed by atoms with Crippen molar-refractivity contribution < 1.29 is 4.79 Å². The van der Waals surface area contributed by atoms with Gasteiger partial charge in [-0.15, -0.1) is 0 Å².